The van der Waals surface area contributed by atoms with E-state index in [1.807, 2.05) is 0 Å². The first-order valence-electron chi connectivity index (χ1n) is 7.89. The van der Waals surface area contributed by atoms with Gasteiger partial charge in [-0.1, -0.05) is 0 Å². The molecule has 9 nitrogen and oxygen atoms in total. The van der Waals surface area contributed by atoms with E-state index in [1.54, 1.807) is 20.8 Å². The minimum atomic E-state index is -1.11. The molecule has 3 N–H and O–H groups in total. The van der Waals surface area contributed by atoms with E-state index in [0.717, 1.165) is 4.90 Å². The van der Waals surface area contributed by atoms with E-state index in [0.29, 0.717) is 39.6 Å². The molecule has 0 aliphatic carbocycles. The fourth-order valence-electron chi connectivity index (χ4n) is 1.52. The van der Waals surface area contributed by atoms with Crippen molar-refractivity contribution in [2.45, 2.75) is 26.4 Å². The Hall–Kier alpha value is -1.42. The van der Waals surface area contributed by atoms with E-state index in [9.17, 15) is 9.59 Å². The van der Waals surface area contributed by atoms with Crippen molar-refractivity contribution in [3.8, 4) is 0 Å². The third-order valence-electron chi connectivity index (χ3n) is 2.49. The maximum Gasteiger partial charge on any atom is 0.410 e. The topological polar surface area (TPSA) is 121 Å². The largest absolute Gasteiger partial charge is 0.480 e. The van der Waals surface area contributed by atoms with Crippen molar-refractivity contribution in [2.75, 3.05) is 59.3 Å². The number of rotatable bonds is 13. The van der Waals surface area contributed by atoms with Gasteiger partial charge in [-0.05, 0) is 20.8 Å². The molecule has 24 heavy (non-hydrogen) atoms. The van der Waals surface area contributed by atoms with Crippen molar-refractivity contribution < 1.29 is 33.6 Å². The van der Waals surface area contributed by atoms with Crippen LogP contribution in [0.25, 0.3) is 0 Å². The number of ether oxygens (including phenoxy) is 4. The highest BCUT2D eigenvalue weighted by molar-refractivity contribution is 5.76. The summed E-state index contributed by atoms with van der Waals surface area (Å²) >= 11 is 0. The maximum absolute atomic E-state index is 11.9. The highest BCUT2D eigenvalue weighted by Crippen LogP contribution is 2.09. The number of nitrogens with two attached hydrogens (primary N) is 1. The van der Waals surface area contributed by atoms with E-state index in [2.05, 4.69) is 0 Å². The fraction of sp³-hybridized carbons (Fsp3) is 0.867. The monoisotopic (exact) mass is 350 g/mol. The van der Waals surface area contributed by atoms with Gasteiger partial charge in [-0.25, -0.2) is 4.79 Å². The molecule has 0 aromatic rings. The van der Waals surface area contributed by atoms with Gasteiger partial charge in [-0.15, -0.1) is 0 Å². The average Bonchev–Trinajstić information content (AvgIpc) is 2.45. The number of aliphatic carboxylic acids is 1. The SMILES string of the molecule is CC(C)(C)OC(=O)N(CCOCCOCCOCCN)CC(=O)O. The van der Waals surface area contributed by atoms with Crippen molar-refractivity contribution in [2.24, 2.45) is 5.73 Å². The zero-order valence-electron chi connectivity index (χ0n) is 14.8. The van der Waals surface area contributed by atoms with Crippen molar-refractivity contribution >= 4 is 12.1 Å². The standard InChI is InChI=1S/C15H30N2O7/c1-15(2,3)24-14(20)17(12-13(18)19)5-7-22-9-11-23-10-8-21-6-4-16/h4-12,16H2,1-3H3,(H,18,19). The first-order valence-corrected chi connectivity index (χ1v) is 7.89. The first kappa shape index (κ1) is 22.6. The van der Waals surface area contributed by atoms with Gasteiger partial charge in [-0.3, -0.25) is 9.69 Å². The Balaban J connectivity index is 3.87. The van der Waals surface area contributed by atoms with Crippen molar-refractivity contribution in [3.63, 3.8) is 0 Å². The second-order valence-corrected chi connectivity index (χ2v) is 5.92. The van der Waals surface area contributed by atoms with Gasteiger partial charge in [0.1, 0.15) is 12.1 Å². The highest BCUT2D eigenvalue weighted by atomic mass is 16.6. The fourth-order valence-corrected chi connectivity index (χ4v) is 1.52. The molecule has 142 valence electrons. The van der Waals surface area contributed by atoms with Crippen LogP contribution in [0.15, 0.2) is 0 Å². The Kier molecular flexibility index (Phi) is 12.2. The van der Waals surface area contributed by atoms with Gasteiger partial charge in [0.05, 0.1) is 39.6 Å². The second-order valence-electron chi connectivity index (χ2n) is 5.92. The molecule has 0 aliphatic rings. The minimum absolute atomic E-state index is 0.126. The Morgan fingerprint density at radius 3 is 1.92 bits per heavy atom. The van der Waals surface area contributed by atoms with Crippen molar-refractivity contribution in [1.29, 1.82) is 0 Å². The quantitative estimate of drug-likeness (QED) is 0.456. The number of carbonyl (C=O) groups excluding carboxylic acids is 1. The lowest BCUT2D eigenvalue weighted by atomic mass is 10.2. The predicted octanol–water partition coefficient (Wildman–Crippen LogP) is 0.317. The molecule has 0 saturated heterocycles. The normalized spacial score (nSPS) is 11.3. The van der Waals surface area contributed by atoms with Crippen LogP contribution in [0.1, 0.15) is 20.8 Å². The number of hydrogen-bond acceptors (Lipinski definition) is 7. The van der Waals surface area contributed by atoms with Crippen LogP contribution in [0.3, 0.4) is 0 Å². The van der Waals surface area contributed by atoms with Gasteiger partial charge in [0.15, 0.2) is 0 Å². The van der Waals surface area contributed by atoms with Crippen LogP contribution in [0.2, 0.25) is 0 Å². The van der Waals surface area contributed by atoms with Crippen LogP contribution in [0, 0.1) is 0 Å². The summed E-state index contributed by atoms with van der Waals surface area (Å²) in [7, 11) is 0. The van der Waals surface area contributed by atoms with Gasteiger partial charge in [0, 0.05) is 13.1 Å². The first-order chi connectivity index (χ1) is 11.3. The zero-order chi connectivity index (χ0) is 18.4. The lowest BCUT2D eigenvalue weighted by molar-refractivity contribution is -0.138. The number of carboxylic acid groups (broad SMARTS) is 1. The van der Waals surface area contributed by atoms with Gasteiger partial charge in [-0.2, -0.15) is 0 Å². The van der Waals surface area contributed by atoms with Crippen LogP contribution >= 0.6 is 0 Å². The molecule has 0 aromatic carbocycles. The van der Waals surface area contributed by atoms with Crippen molar-refractivity contribution in [1.82, 2.24) is 4.90 Å². The van der Waals surface area contributed by atoms with E-state index in [4.69, 9.17) is 29.8 Å². The summed E-state index contributed by atoms with van der Waals surface area (Å²) in [6, 6.07) is 0. The smallest absolute Gasteiger partial charge is 0.410 e. The molecule has 0 unspecified atom stereocenters. The molecule has 0 bridgehead atoms. The van der Waals surface area contributed by atoms with Crippen LogP contribution in [0.5, 0.6) is 0 Å². The summed E-state index contributed by atoms with van der Waals surface area (Å²) in [5.41, 5.74) is 4.59. The third kappa shape index (κ3) is 14.2. The molecule has 0 aliphatic heterocycles. The summed E-state index contributed by atoms with van der Waals surface area (Å²) in [4.78, 5) is 23.8. The number of carboxylic acids is 1. The number of amides is 1. The molecule has 1 amide bonds. The number of carbonyl (C=O) groups is 2. The summed E-state index contributed by atoms with van der Waals surface area (Å²) in [5, 5.41) is 8.86. The molecule has 0 spiro atoms. The Morgan fingerprint density at radius 1 is 0.958 bits per heavy atom. The molecule has 0 aromatic heterocycles. The van der Waals surface area contributed by atoms with Crippen LogP contribution in [-0.4, -0.2) is 86.9 Å². The van der Waals surface area contributed by atoms with E-state index >= 15 is 0 Å². The molecule has 9 heteroatoms. The van der Waals surface area contributed by atoms with Gasteiger partial charge < -0.3 is 29.8 Å². The maximum atomic E-state index is 11.9. The predicted molar refractivity (Wildman–Crippen MR) is 87.0 cm³/mol. The van der Waals surface area contributed by atoms with Gasteiger partial charge in [0.25, 0.3) is 0 Å². The molecule has 0 fully saturated rings. The van der Waals surface area contributed by atoms with Gasteiger partial charge in [0.2, 0.25) is 0 Å². The Morgan fingerprint density at radius 2 is 1.46 bits per heavy atom. The van der Waals surface area contributed by atoms with Crippen LogP contribution in [-0.2, 0) is 23.7 Å². The number of hydrogen-bond donors (Lipinski definition) is 2. The molecule has 0 radical (unpaired) electrons. The minimum Gasteiger partial charge on any atom is -0.480 e. The molecule has 0 atom stereocenters. The molecular weight excluding hydrogens is 320 g/mol. The number of nitrogens with zero attached hydrogens (tertiary/aromatic N) is 1. The third-order valence-corrected chi connectivity index (χ3v) is 2.49. The average molecular weight is 350 g/mol. The van der Waals surface area contributed by atoms with Crippen LogP contribution in [0.4, 0.5) is 4.79 Å². The Bertz CT molecular complexity index is 358. The molecule has 0 saturated carbocycles. The lowest BCUT2D eigenvalue weighted by Gasteiger charge is -2.26. The van der Waals surface area contributed by atoms with Gasteiger partial charge >= 0.3 is 12.1 Å². The van der Waals surface area contributed by atoms with Crippen molar-refractivity contribution in [3.05, 3.63) is 0 Å². The lowest BCUT2D eigenvalue weighted by Crippen LogP contribution is -2.41. The summed E-state index contributed by atoms with van der Waals surface area (Å²) in [6.07, 6.45) is -0.679. The molecule has 0 rings (SSSR count). The molecule has 0 heterocycles. The van der Waals surface area contributed by atoms with E-state index in [-0.39, 0.29) is 13.2 Å². The van der Waals surface area contributed by atoms with E-state index < -0.39 is 24.2 Å². The summed E-state index contributed by atoms with van der Waals surface area (Å²) in [5.74, 6) is -1.11. The summed E-state index contributed by atoms with van der Waals surface area (Å²) < 4.78 is 20.9. The summed E-state index contributed by atoms with van der Waals surface area (Å²) in [6.45, 7) is 7.67. The zero-order valence-corrected chi connectivity index (χ0v) is 14.8. The highest BCUT2D eigenvalue weighted by Gasteiger charge is 2.23. The molecular formula is C15H30N2O7. The van der Waals surface area contributed by atoms with Crippen LogP contribution < -0.4 is 5.73 Å². The Labute approximate surface area is 143 Å². The second kappa shape index (κ2) is 12.9. The van der Waals surface area contributed by atoms with E-state index in [1.165, 1.54) is 0 Å².